The van der Waals surface area contributed by atoms with E-state index < -0.39 is 0 Å². The Morgan fingerprint density at radius 2 is 1.63 bits per heavy atom. The standard InChI is InChI=1S/C26H25FN4O3S/c1-17-7-13-20(14-8-17)31-23(29-30-26(31)35-16-18-9-11-19(27)12-10-18)15-28-25(32)24-21(33-2)5-4-6-22(24)34-3/h4-14H,15-16H2,1-3H3,(H,28,32). The SMILES string of the molecule is COc1cccc(OC)c1C(=O)NCc1nnc(SCc2ccc(F)cc2)n1-c1ccc(C)cc1. The van der Waals surface area contributed by atoms with Crippen LogP contribution in [0.15, 0.2) is 71.9 Å². The van der Waals surface area contributed by atoms with E-state index >= 15 is 0 Å². The van der Waals surface area contributed by atoms with Crippen LogP contribution in [-0.2, 0) is 12.3 Å². The van der Waals surface area contributed by atoms with Gasteiger partial charge in [0.05, 0.1) is 20.8 Å². The van der Waals surface area contributed by atoms with E-state index in [1.54, 1.807) is 30.3 Å². The molecule has 0 saturated carbocycles. The molecule has 1 heterocycles. The van der Waals surface area contributed by atoms with Crippen LogP contribution in [0.5, 0.6) is 11.5 Å². The summed E-state index contributed by atoms with van der Waals surface area (Å²) in [6.07, 6.45) is 0. The minimum absolute atomic E-state index is 0.137. The summed E-state index contributed by atoms with van der Waals surface area (Å²) in [5.74, 6) is 1.37. The second kappa shape index (κ2) is 11.1. The van der Waals surface area contributed by atoms with E-state index in [2.05, 4.69) is 15.5 Å². The van der Waals surface area contributed by atoms with Gasteiger partial charge in [0.15, 0.2) is 11.0 Å². The number of carbonyl (C=O) groups is 1. The van der Waals surface area contributed by atoms with Crippen molar-refractivity contribution in [3.05, 3.63) is 95.1 Å². The molecule has 0 aliphatic rings. The lowest BCUT2D eigenvalue weighted by Gasteiger charge is -2.14. The molecule has 0 radical (unpaired) electrons. The first kappa shape index (κ1) is 24.3. The minimum atomic E-state index is -0.349. The highest BCUT2D eigenvalue weighted by Crippen LogP contribution is 2.29. The molecule has 4 rings (SSSR count). The van der Waals surface area contributed by atoms with Crippen LogP contribution in [0.25, 0.3) is 5.69 Å². The van der Waals surface area contributed by atoms with Crippen molar-refractivity contribution in [2.24, 2.45) is 0 Å². The van der Waals surface area contributed by atoms with E-state index in [0.717, 1.165) is 16.8 Å². The van der Waals surface area contributed by atoms with Crippen molar-refractivity contribution in [1.82, 2.24) is 20.1 Å². The summed E-state index contributed by atoms with van der Waals surface area (Å²) < 4.78 is 25.9. The smallest absolute Gasteiger partial charge is 0.259 e. The maximum Gasteiger partial charge on any atom is 0.259 e. The second-order valence-electron chi connectivity index (χ2n) is 7.71. The Bertz CT molecular complexity index is 1290. The highest BCUT2D eigenvalue weighted by Gasteiger charge is 2.20. The predicted octanol–water partition coefficient (Wildman–Crippen LogP) is 4.95. The average molecular weight is 493 g/mol. The molecule has 35 heavy (non-hydrogen) atoms. The fraction of sp³-hybridized carbons (Fsp3) is 0.192. The molecule has 1 N–H and O–H groups in total. The predicted molar refractivity (Wildman–Crippen MR) is 133 cm³/mol. The normalized spacial score (nSPS) is 10.7. The number of carbonyl (C=O) groups excluding carboxylic acids is 1. The quantitative estimate of drug-likeness (QED) is 0.333. The van der Waals surface area contributed by atoms with Crippen LogP contribution in [0.4, 0.5) is 4.39 Å². The lowest BCUT2D eigenvalue weighted by molar-refractivity contribution is 0.0943. The number of nitrogens with zero attached hydrogens (tertiary/aromatic N) is 3. The number of hydrogen-bond donors (Lipinski definition) is 1. The second-order valence-corrected chi connectivity index (χ2v) is 8.65. The molecule has 0 fully saturated rings. The fourth-order valence-electron chi connectivity index (χ4n) is 3.51. The van der Waals surface area contributed by atoms with Crippen LogP contribution >= 0.6 is 11.8 Å². The molecule has 0 bridgehead atoms. The van der Waals surface area contributed by atoms with E-state index in [9.17, 15) is 9.18 Å². The van der Waals surface area contributed by atoms with Crippen LogP contribution in [0.1, 0.15) is 27.3 Å². The number of amides is 1. The van der Waals surface area contributed by atoms with E-state index in [1.165, 1.54) is 38.1 Å². The summed E-state index contributed by atoms with van der Waals surface area (Å²) in [6.45, 7) is 2.15. The van der Waals surface area contributed by atoms with Crippen molar-refractivity contribution < 1.29 is 18.7 Å². The van der Waals surface area contributed by atoms with Gasteiger partial charge in [-0.2, -0.15) is 0 Å². The Hall–Kier alpha value is -3.85. The molecule has 0 atom stereocenters. The van der Waals surface area contributed by atoms with Gasteiger partial charge in [-0.3, -0.25) is 9.36 Å². The molecule has 9 heteroatoms. The Labute approximate surface area is 207 Å². The zero-order chi connectivity index (χ0) is 24.8. The topological polar surface area (TPSA) is 78.3 Å². The Morgan fingerprint density at radius 3 is 2.26 bits per heavy atom. The number of thioether (sulfide) groups is 1. The van der Waals surface area contributed by atoms with Crippen LogP contribution in [0.2, 0.25) is 0 Å². The summed E-state index contributed by atoms with van der Waals surface area (Å²) in [5.41, 5.74) is 3.28. The van der Waals surface area contributed by atoms with Crippen molar-refractivity contribution in [3.63, 3.8) is 0 Å². The maximum absolute atomic E-state index is 13.3. The summed E-state index contributed by atoms with van der Waals surface area (Å²) in [7, 11) is 3.01. The van der Waals surface area contributed by atoms with Crippen molar-refractivity contribution in [2.45, 2.75) is 24.4 Å². The van der Waals surface area contributed by atoms with Crippen molar-refractivity contribution in [2.75, 3.05) is 14.2 Å². The third kappa shape index (κ3) is 5.63. The molecule has 1 aromatic heterocycles. The molecule has 1 amide bonds. The Morgan fingerprint density at radius 1 is 0.971 bits per heavy atom. The van der Waals surface area contributed by atoms with Gasteiger partial charge in [-0.15, -0.1) is 10.2 Å². The lowest BCUT2D eigenvalue weighted by Crippen LogP contribution is -2.25. The largest absolute Gasteiger partial charge is 0.496 e. The summed E-state index contributed by atoms with van der Waals surface area (Å²) >= 11 is 1.48. The average Bonchev–Trinajstić information content (AvgIpc) is 3.29. The summed E-state index contributed by atoms with van der Waals surface area (Å²) in [6, 6.07) is 19.5. The van der Waals surface area contributed by atoms with Crippen molar-refractivity contribution >= 4 is 17.7 Å². The third-order valence-electron chi connectivity index (χ3n) is 5.34. The molecule has 7 nitrogen and oxygen atoms in total. The minimum Gasteiger partial charge on any atom is -0.496 e. The molecule has 0 aliphatic carbocycles. The first-order valence-electron chi connectivity index (χ1n) is 10.9. The van der Waals surface area contributed by atoms with Gasteiger partial charge in [0, 0.05) is 11.4 Å². The molecular formula is C26H25FN4O3S. The third-order valence-corrected chi connectivity index (χ3v) is 6.34. The first-order chi connectivity index (χ1) is 17.0. The Kier molecular flexibility index (Phi) is 7.67. The fourth-order valence-corrected chi connectivity index (χ4v) is 4.44. The summed E-state index contributed by atoms with van der Waals surface area (Å²) in [4.78, 5) is 13.1. The van der Waals surface area contributed by atoms with E-state index in [-0.39, 0.29) is 18.3 Å². The number of rotatable bonds is 9. The molecule has 0 unspecified atom stereocenters. The van der Waals surface area contributed by atoms with Gasteiger partial charge in [-0.1, -0.05) is 47.7 Å². The highest BCUT2D eigenvalue weighted by molar-refractivity contribution is 7.98. The Balaban J connectivity index is 1.59. The van der Waals surface area contributed by atoms with E-state index in [4.69, 9.17) is 9.47 Å². The maximum atomic E-state index is 13.3. The number of aryl methyl sites for hydroxylation is 1. The number of benzene rings is 3. The molecule has 180 valence electrons. The molecule has 0 aliphatic heterocycles. The molecule has 0 saturated heterocycles. The first-order valence-corrected chi connectivity index (χ1v) is 11.9. The zero-order valence-corrected chi connectivity index (χ0v) is 20.4. The van der Waals surface area contributed by atoms with Gasteiger partial charge < -0.3 is 14.8 Å². The van der Waals surface area contributed by atoms with Crippen molar-refractivity contribution in [3.8, 4) is 17.2 Å². The van der Waals surface area contributed by atoms with Gasteiger partial charge >= 0.3 is 0 Å². The number of ether oxygens (including phenoxy) is 2. The number of hydrogen-bond acceptors (Lipinski definition) is 6. The lowest BCUT2D eigenvalue weighted by atomic mass is 10.1. The number of nitrogens with one attached hydrogen (secondary N) is 1. The van der Waals surface area contributed by atoms with Crippen molar-refractivity contribution in [1.29, 1.82) is 0 Å². The van der Waals surface area contributed by atoms with Crippen LogP contribution in [0.3, 0.4) is 0 Å². The van der Waals surface area contributed by atoms with Gasteiger partial charge in [0.25, 0.3) is 5.91 Å². The summed E-state index contributed by atoms with van der Waals surface area (Å²) in [5, 5.41) is 12.3. The highest BCUT2D eigenvalue weighted by atomic mass is 32.2. The van der Waals surface area contributed by atoms with Crippen LogP contribution < -0.4 is 14.8 Å². The van der Waals surface area contributed by atoms with E-state index in [1.807, 2.05) is 35.8 Å². The van der Waals surface area contributed by atoms with Gasteiger partial charge in [-0.05, 0) is 48.9 Å². The van der Waals surface area contributed by atoms with Gasteiger partial charge in [0.1, 0.15) is 22.9 Å². The van der Waals surface area contributed by atoms with E-state index in [0.29, 0.717) is 33.8 Å². The van der Waals surface area contributed by atoms with Gasteiger partial charge in [0.2, 0.25) is 0 Å². The molecule has 3 aromatic carbocycles. The molecule has 4 aromatic rings. The number of aromatic nitrogens is 3. The van der Waals surface area contributed by atoms with Crippen LogP contribution in [-0.4, -0.2) is 34.9 Å². The monoisotopic (exact) mass is 492 g/mol. The molecule has 0 spiro atoms. The number of methoxy groups -OCH3 is 2. The molecular weight excluding hydrogens is 467 g/mol. The van der Waals surface area contributed by atoms with Gasteiger partial charge in [-0.25, -0.2) is 4.39 Å². The number of halogens is 1. The van der Waals surface area contributed by atoms with Crippen LogP contribution in [0, 0.1) is 12.7 Å². The zero-order valence-electron chi connectivity index (χ0n) is 19.6.